The smallest absolute Gasteiger partial charge is 0.426 e. The van der Waals surface area contributed by atoms with E-state index in [9.17, 15) is 29.8 Å². The Bertz CT molecular complexity index is 777. The Balaban J connectivity index is 2.80. The number of hydrogen-bond acceptors (Lipinski definition) is 7. The Morgan fingerprint density at radius 3 is 2.44 bits per heavy atom. The van der Waals surface area contributed by atoms with Gasteiger partial charge in [-0.25, -0.2) is 15.1 Å². The standard InChI is InChI=1S/C19H31BN6O6/c1-13(2)11-16(20(29)30)24-18(28)15(9-6-10-22-19(21)25-26(31)32)23-17(27)12-14-7-4-3-5-8-14/h3-5,7-8,13,15-16,29-30H,6,9-12H2,1-2H3,(H,23,27)(H,24,28)(H3,21,22,25)/t15-,16-/m0/s1. The molecule has 1 aromatic rings. The molecule has 7 N–H and O–H groups in total. The van der Waals surface area contributed by atoms with Crippen molar-refractivity contribution in [3.05, 3.63) is 46.0 Å². The quantitative estimate of drug-likeness (QED) is 0.0558. The molecule has 12 nitrogen and oxygen atoms in total. The predicted octanol–water partition coefficient (Wildman–Crippen LogP) is -0.867. The molecule has 1 rings (SSSR count). The Hall–Kier alpha value is -3.19. The highest BCUT2D eigenvalue weighted by Crippen LogP contribution is 2.08. The van der Waals surface area contributed by atoms with Crippen molar-refractivity contribution in [2.24, 2.45) is 16.6 Å². The second-order valence-electron chi connectivity index (χ2n) is 7.72. The number of benzene rings is 1. The van der Waals surface area contributed by atoms with E-state index in [1.165, 1.54) is 0 Å². The summed E-state index contributed by atoms with van der Waals surface area (Å²) < 4.78 is 0. The molecule has 0 saturated carbocycles. The van der Waals surface area contributed by atoms with Gasteiger partial charge in [-0.1, -0.05) is 49.6 Å². The highest BCUT2D eigenvalue weighted by Gasteiger charge is 2.29. The number of nitrogens with zero attached hydrogens (tertiary/aromatic N) is 2. The van der Waals surface area contributed by atoms with Crippen LogP contribution in [0.3, 0.4) is 0 Å². The van der Waals surface area contributed by atoms with Crippen LogP contribution in [0.4, 0.5) is 0 Å². The molecule has 1 aromatic carbocycles. The molecular formula is C19H31BN6O6. The first-order chi connectivity index (χ1) is 15.1. The van der Waals surface area contributed by atoms with E-state index < -0.39 is 30.0 Å². The number of carbonyl (C=O) groups is 2. The highest BCUT2D eigenvalue weighted by atomic mass is 16.7. The zero-order valence-corrected chi connectivity index (χ0v) is 18.2. The minimum absolute atomic E-state index is 0.0700. The number of nitro groups is 1. The molecule has 0 aliphatic carbocycles. The fourth-order valence-corrected chi connectivity index (χ4v) is 2.97. The molecule has 13 heteroatoms. The van der Waals surface area contributed by atoms with E-state index in [1.54, 1.807) is 29.7 Å². The Morgan fingerprint density at radius 1 is 1.22 bits per heavy atom. The highest BCUT2D eigenvalue weighted by molar-refractivity contribution is 6.43. The molecule has 32 heavy (non-hydrogen) atoms. The lowest BCUT2D eigenvalue weighted by Crippen LogP contribution is -2.54. The number of aliphatic imine (C=N–C) groups is 1. The first kappa shape index (κ1) is 26.8. The van der Waals surface area contributed by atoms with Crippen LogP contribution in [-0.4, -0.2) is 58.5 Å². The number of nitrogens with two attached hydrogens (primary N) is 1. The summed E-state index contributed by atoms with van der Waals surface area (Å²) in [6.07, 6.45) is 0.861. The molecule has 0 aliphatic heterocycles. The van der Waals surface area contributed by atoms with Gasteiger partial charge >= 0.3 is 7.12 Å². The molecule has 0 spiro atoms. The average Bonchev–Trinajstić information content (AvgIpc) is 2.69. The minimum Gasteiger partial charge on any atom is -0.426 e. The largest absolute Gasteiger partial charge is 0.475 e. The second kappa shape index (κ2) is 14.0. The van der Waals surface area contributed by atoms with Crippen molar-refractivity contribution >= 4 is 24.9 Å². The Labute approximate surface area is 186 Å². The molecule has 0 bridgehead atoms. The normalized spacial score (nSPS) is 13.2. The summed E-state index contributed by atoms with van der Waals surface area (Å²) in [7, 11) is -1.75. The van der Waals surface area contributed by atoms with Crippen LogP contribution < -0.4 is 21.8 Å². The van der Waals surface area contributed by atoms with Gasteiger partial charge < -0.3 is 26.4 Å². The van der Waals surface area contributed by atoms with Gasteiger partial charge in [0.25, 0.3) is 5.96 Å². The number of carbonyl (C=O) groups excluding carboxylic acids is 2. The topological polar surface area (TPSA) is 192 Å². The monoisotopic (exact) mass is 450 g/mol. The maximum absolute atomic E-state index is 12.8. The van der Waals surface area contributed by atoms with E-state index in [-0.39, 0.29) is 37.2 Å². The molecule has 176 valence electrons. The summed E-state index contributed by atoms with van der Waals surface area (Å²) in [4.78, 5) is 39.4. The van der Waals surface area contributed by atoms with E-state index in [2.05, 4.69) is 15.6 Å². The first-order valence-corrected chi connectivity index (χ1v) is 10.3. The third-order valence-electron chi connectivity index (χ3n) is 4.41. The summed E-state index contributed by atoms with van der Waals surface area (Å²) in [6, 6.07) is 8.04. The second-order valence-corrected chi connectivity index (χ2v) is 7.72. The van der Waals surface area contributed by atoms with Crippen LogP contribution in [0, 0.1) is 16.0 Å². The van der Waals surface area contributed by atoms with Gasteiger partial charge in [0.05, 0.1) is 12.4 Å². The number of guanidine groups is 1. The lowest BCUT2D eigenvalue weighted by atomic mass is 9.75. The third-order valence-corrected chi connectivity index (χ3v) is 4.41. The third kappa shape index (κ3) is 11.3. The van der Waals surface area contributed by atoms with E-state index in [4.69, 9.17) is 5.73 Å². The van der Waals surface area contributed by atoms with Crippen molar-refractivity contribution in [2.75, 3.05) is 6.54 Å². The molecule has 2 amide bonds. The molecule has 0 saturated heterocycles. The van der Waals surface area contributed by atoms with Crippen molar-refractivity contribution in [2.45, 2.75) is 51.5 Å². The van der Waals surface area contributed by atoms with Crippen molar-refractivity contribution in [1.29, 1.82) is 0 Å². The molecular weight excluding hydrogens is 419 g/mol. The SMILES string of the molecule is CC(C)C[C@H](NC(=O)[C@H](CCCN=C(N)N[N+](=O)[O-])NC(=O)Cc1ccccc1)B(O)O. The van der Waals surface area contributed by atoms with Crippen LogP contribution in [0.5, 0.6) is 0 Å². The first-order valence-electron chi connectivity index (χ1n) is 10.3. The number of nitrogens with one attached hydrogen (secondary N) is 3. The van der Waals surface area contributed by atoms with E-state index in [0.717, 1.165) is 5.56 Å². The summed E-state index contributed by atoms with van der Waals surface area (Å²) in [5.41, 5.74) is 7.85. The van der Waals surface area contributed by atoms with Gasteiger partial charge in [-0.15, -0.1) is 0 Å². The van der Waals surface area contributed by atoms with Gasteiger partial charge in [0.15, 0.2) is 5.03 Å². The van der Waals surface area contributed by atoms with Gasteiger partial charge in [0.2, 0.25) is 11.8 Å². The zero-order chi connectivity index (χ0) is 24.1. The molecule has 2 atom stereocenters. The summed E-state index contributed by atoms with van der Waals surface area (Å²) in [5, 5.41) is 33.9. The molecule has 0 heterocycles. The fraction of sp³-hybridized carbons (Fsp3) is 0.526. The number of hydrazine groups is 1. The van der Waals surface area contributed by atoms with Crippen LogP contribution in [-0.2, 0) is 16.0 Å². The van der Waals surface area contributed by atoms with Gasteiger partial charge in [-0.3, -0.25) is 9.59 Å². The molecule has 0 unspecified atom stereocenters. The van der Waals surface area contributed by atoms with Crippen LogP contribution in [0.2, 0.25) is 0 Å². The Kier molecular flexibility index (Phi) is 11.7. The fourth-order valence-electron chi connectivity index (χ4n) is 2.97. The van der Waals surface area contributed by atoms with Crippen molar-refractivity contribution < 1.29 is 24.7 Å². The van der Waals surface area contributed by atoms with Crippen LogP contribution in [0.1, 0.15) is 38.7 Å². The lowest BCUT2D eigenvalue weighted by molar-refractivity contribution is -0.525. The Morgan fingerprint density at radius 2 is 1.88 bits per heavy atom. The van der Waals surface area contributed by atoms with Gasteiger partial charge in [-0.2, -0.15) is 0 Å². The van der Waals surface area contributed by atoms with Gasteiger partial charge in [-0.05, 0) is 30.7 Å². The molecule has 0 fully saturated rings. The van der Waals surface area contributed by atoms with Crippen molar-refractivity contribution in [3.63, 3.8) is 0 Å². The van der Waals surface area contributed by atoms with Gasteiger partial charge in [0.1, 0.15) is 6.04 Å². The van der Waals surface area contributed by atoms with Gasteiger partial charge in [0, 0.05) is 6.54 Å². The number of hydrogen-bond donors (Lipinski definition) is 6. The number of rotatable bonds is 13. The predicted molar refractivity (Wildman–Crippen MR) is 120 cm³/mol. The van der Waals surface area contributed by atoms with E-state index in [1.807, 2.05) is 19.9 Å². The van der Waals surface area contributed by atoms with Crippen LogP contribution >= 0.6 is 0 Å². The zero-order valence-electron chi connectivity index (χ0n) is 18.2. The summed E-state index contributed by atoms with van der Waals surface area (Å²) in [5.74, 6) is -2.11. The van der Waals surface area contributed by atoms with Crippen LogP contribution in [0.15, 0.2) is 35.3 Å². The lowest BCUT2D eigenvalue weighted by Gasteiger charge is -2.24. The average molecular weight is 450 g/mol. The molecule has 0 radical (unpaired) electrons. The summed E-state index contributed by atoms with van der Waals surface area (Å²) >= 11 is 0. The minimum atomic E-state index is -1.75. The molecule has 0 aliphatic rings. The van der Waals surface area contributed by atoms with Crippen molar-refractivity contribution in [3.8, 4) is 0 Å². The maximum atomic E-state index is 12.8. The number of amides is 2. The summed E-state index contributed by atoms with van der Waals surface area (Å²) in [6.45, 7) is 3.84. The van der Waals surface area contributed by atoms with Crippen molar-refractivity contribution in [1.82, 2.24) is 16.1 Å². The van der Waals surface area contributed by atoms with Crippen LogP contribution in [0.25, 0.3) is 0 Å². The van der Waals surface area contributed by atoms with E-state index in [0.29, 0.717) is 12.8 Å². The maximum Gasteiger partial charge on any atom is 0.475 e. The molecule has 0 aromatic heterocycles. The van der Waals surface area contributed by atoms with E-state index >= 15 is 0 Å².